The van der Waals surface area contributed by atoms with Gasteiger partial charge in [0.25, 0.3) is 0 Å². The highest BCUT2D eigenvalue weighted by molar-refractivity contribution is 6.32. The fraction of sp³-hybridized carbons (Fsp3) is 0.227. The minimum Gasteiger partial charge on any atom is -0.507 e. The van der Waals surface area contributed by atoms with Crippen LogP contribution in [0.2, 0.25) is 0 Å². The summed E-state index contributed by atoms with van der Waals surface area (Å²) >= 11 is 0. The fourth-order valence-electron chi connectivity index (χ4n) is 3.64. The summed E-state index contributed by atoms with van der Waals surface area (Å²) in [7, 11) is 0. The maximum absolute atomic E-state index is 13.2. The molecule has 0 radical (unpaired) electrons. The SMILES string of the molecule is C[C@H](O)[C@](C)(O)c1cc(=O)c2c(CO)cc3c(c2o1)C(=O)c1c(O)cccc1C3=O. The summed E-state index contributed by atoms with van der Waals surface area (Å²) in [6.45, 7) is 1.93. The van der Waals surface area contributed by atoms with Crippen molar-refractivity contribution in [2.75, 3.05) is 0 Å². The lowest BCUT2D eigenvalue weighted by Gasteiger charge is -2.26. The molecule has 0 aliphatic heterocycles. The van der Waals surface area contributed by atoms with Gasteiger partial charge in [0.1, 0.15) is 17.1 Å². The van der Waals surface area contributed by atoms with E-state index in [1.165, 1.54) is 38.1 Å². The lowest BCUT2D eigenvalue weighted by Crippen LogP contribution is -2.35. The molecule has 1 aromatic heterocycles. The van der Waals surface area contributed by atoms with Gasteiger partial charge in [-0.15, -0.1) is 0 Å². The van der Waals surface area contributed by atoms with Crippen molar-refractivity contribution in [1.82, 2.24) is 0 Å². The molecule has 4 rings (SSSR count). The van der Waals surface area contributed by atoms with Crippen molar-refractivity contribution < 1.29 is 34.4 Å². The Labute approximate surface area is 169 Å². The number of phenolic OH excluding ortho intramolecular Hbond substituents is 1. The van der Waals surface area contributed by atoms with Crippen molar-refractivity contribution >= 4 is 22.5 Å². The van der Waals surface area contributed by atoms with E-state index in [2.05, 4.69) is 0 Å². The van der Waals surface area contributed by atoms with E-state index in [0.29, 0.717) is 0 Å². The Hall–Kier alpha value is -3.33. The molecular weight excluding hydrogens is 392 g/mol. The van der Waals surface area contributed by atoms with Crippen LogP contribution in [-0.4, -0.2) is 38.1 Å². The van der Waals surface area contributed by atoms with Gasteiger partial charge in [-0.25, -0.2) is 0 Å². The van der Waals surface area contributed by atoms with Crippen molar-refractivity contribution in [3.05, 3.63) is 74.1 Å². The second kappa shape index (κ2) is 6.60. The summed E-state index contributed by atoms with van der Waals surface area (Å²) in [5.74, 6) is -2.02. The van der Waals surface area contributed by atoms with Crippen LogP contribution in [0.4, 0.5) is 0 Å². The molecule has 2 atom stereocenters. The van der Waals surface area contributed by atoms with Gasteiger partial charge in [-0.1, -0.05) is 12.1 Å². The van der Waals surface area contributed by atoms with Crippen molar-refractivity contribution in [1.29, 1.82) is 0 Å². The average Bonchev–Trinajstić information content (AvgIpc) is 2.70. The Balaban J connectivity index is 2.16. The maximum atomic E-state index is 13.2. The molecule has 0 amide bonds. The molecule has 0 saturated heterocycles. The zero-order chi connectivity index (χ0) is 22.0. The Kier molecular flexibility index (Phi) is 4.39. The Morgan fingerprint density at radius 2 is 1.77 bits per heavy atom. The second-order valence-electron chi connectivity index (χ2n) is 7.48. The van der Waals surface area contributed by atoms with Gasteiger partial charge in [0.15, 0.2) is 16.8 Å². The van der Waals surface area contributed by atoms with Gasteiger partial charge in [0, 0.05) is 17.2 Å². The van der Waals surface area contributed by atoms with Crippen LogP contribution in [0.1, 0.15) is 57.0 Å². The first-order valence-corrected chi connectivity index (χ1v) is 9.16. The number of benzene rings is 2. The fourth-order valence-corrected chi connectivity index (χ4v) is 3.64. The number of carbonyl (C=O) groups excluding carboxylic acids is 2. The number of ketones is 2. The molecule has 4 N–H and O–H groups in total. The van der Waals surface area contributed by atoms with Crippen LogP contribution >= 0.6 is 0 Å². The van der Waals surface area contributed by atoms with Gasteiger partial charge in [0.05, 0.1) is 29.2 Å². The highest BCUT2D eigenvalue weighted by Crippen LogP contribution is 2.38. The third-order valence-electron chi connectivity index (χ3n) is 5.55. The van der Waals surface area contributed by atoms with Crippen LogP contribution in [0.3, 0.4) is 0 Å². The van der Waals surface area contributed by atoms with Crippen LogP contribution in [-0.2, 0) is 12.2 Å². The number of carbonyl (C=O) groups is 2. The van der Waals surface area contributed by atoms with Crippen LogP contribution in [0.5, 0.6) is 5.75 Å². The molecule has 1 heterocycles. The van der Waals surface area contributed by atoms with E-state index in [1.807, 2.05) is 0 Å². The van der Waals surface area contributed by atoms with E-state index < -0.39 is 41.1 Å². The van der Waals surface area contributed by atoms with Crippen LogP contribution in [0.15, 0.2) is 39.5 Å². The van der Waals surface area contributed by atoms with Gasteiger partial charge < -0.3 is 24.8 Å². The minimum atomic E-state index is -1.96. The number of rotatable bonds is 3. The van der Waals surface area contributed by atoms with Gasteiger partial charge in [-0.05, 0) is 31.5 Å². The van der Waals surface area contributed by atoms with Gasteiger partial charge in [-0.3, -0.25) is 14.4 Å². The summed E-state index contributed by atoms with van der Waals surface area (Å²) in [4.78, 5) is 39.1. The summed E-state index contributed by atoms with van der Waals surface area (Å²) in [5, 5.41) is 40.3. The Bertz CT molecular complexity index is 1300. The molecule has 154 valence electrons. The van der Waals surface area contributed by atoms with E-state index >= 15 is 0 Å². The maximum Gasteiger partial charge on any atom is 0.202 e. The summed E-state index contributed by atoms with van der Waals surface area (Å²) in [6.07, 6.45) is -1.32. The van der Waals surface area contributed by atoms with Crippen molar-refractivity contribution in [3.63, 3.8) is 0 Å². The molecule has 0 saturated carbocycles. The quantitative estimate of drug-likeness (QED) is 0.396. The third kappa shape index (κ3) is 2.62. The minimum absolute atomic E-state index is 0.00906. The molecule has 2 aromatic carbocycles. The zero-order valence-electron chi connectivity index (χ0n) is 16.1. The summed E-state index contributed by atoms with van der Waals surface area (Å²) < 4.78 is 5.71. The molecule has 0 unspecified atom stereocenters. The molecule has 1 aliphatic rings. The standard InChI is InChI=1S/C22H18O8/c1-9(24)22(2,29)15-7-14(26)16-10(8-23)6-12-18(21(16)30-15)20(28)17-11(19(12)27)4-3-5-13(17)25/h3-7,9,23-25,29H,8H2,1-2H3/t9-,22-/m0/s1. The molecule has 3 aromatic rings. The molecule has 8 heteroatoms. The highest BCUT2D eigenvalue weighted by Gasteiger charge is 2.38. The normalized spacial score (nSPS) is 16.2. The van der Waals surface area contributed by atoms with Crippen LogP contribution < -0.4 is 5.43 Å². The lowest BCUT2D eigenvalue weighted by atomic mass is 9.81. The van der Waals surface area contributed by atoms with E-state index in [4.69, 9.17) is 4.42 Å². The number of fused-ring (bicyclic) bond motifs is 4. The van der Waals surface area contributed by atoms with Gasteiger partial charge in [-0.2, -0.15) is 0 Å². The van der Waals surface area contributed by atoms with Crippen LogP contribution in [0, 0.1) is 0 Å². The second-order valence-corrected chi connectivity index (χ2v) is 7.48. The first-order chi connectivity index (χ1) is 14.1. The molecule has 0 fully saturated rings. The van der Waals surface area contributed by atoms with Crippen molar-refractivity contribution in [3.8, 4) is 5.75 Å². The average molecular weight is 410 g/mol. The van der Waals surface area contributed by atoms with Crippen molar-refractivity contribution in [2.24, 2.45) is 0 Å². The van der Waals surface area contributed by atoms with E-state index in [-0.39, 0.29) is 44.5 Å². The van der Waals surface area contributed by atoms with Gasteiger partial charge >= 0.3 is 0 Å². The smallest absolute Gasteiger partial charge is 0.202 e. The van der Waals surface area contributed by atoms with Gasteiger partial charge in [0.2, 0.25) is 5.78 Å². The monoisotopic (exact) mass is 410 g/mol. The number of aliphatic hydroxyl groups excluding tert-OH is 2. The Morgan fingerprint density at radius 3 is 2.40 bits per heavy atom. The first-order valence-electron chi connectivity index (χ1n) is 9.16. The molecule has 0 bridgehead atoms. The molecular formula is C22H18O8. The Morgan fingerprint density at radius 1 is 1.07 bits per heavy atom. The predicted molar refractivity (Wildman–Crippen MR) is 105 cm³/mol. The number of phenols is 1. The molecule has 0 spiro atoms. The van der Waals surface area contributed by atoms with E-state index in [9.17, 15) is 34.8 Å². The lowest BCUT2D eigenvalue weighted by molar-refractivity contribution is -0.0708. The number of hydrogen-bond donors (Lipinski definition) is 4. The highest BCUT2D eigenvalue weighted by atomic mass is 16.4. The number of hydrogen-bond acceptors (Lipinski definition) is 8. The number of aromatic hydroxyl groups is 1. The summed E-state index contributed by atoms with van der Waals surface area (Å²) in [5.41, 5.74) is -3.42. The number of aliphatic hydroxyl groups is 3. The first kappa shape index (κ1) is 20.0. The third-order valence-corrected chi connectivity index (χ3v) is 5.55. The topological polar surface area (TPSA) is 145 Å². The molecule has 8 nitrogen and oxygen atoms in total. The van der Waals surface area contributed by atoms with Crippen molar-refractivity contribution in [2.45, 2.75) is 32.2 Å². The van der Waals surface area contributed by atoms with Crippen LogP contribution in [0.25, 0.3) is 11.0 Å². The van der Waals surface area contributed by atoms with E-state index in [1.54, 1.807) is 0 Å². The predicted octanol–water partition coefficient (Wildman–Crippen LogP) is 1.35. The molecule has 30 heavy (non-hydrogen) atoms. The van der Waals surface area contributed by atoms with E-state index in [0.717, 1.165) is 6.07 Å². The largest absolute Gasteiger partial charge is 0.507 e. The summed E-state index contributed by atoms with van der Waals surface area (Å²) in [6, 6.07) is 6.32. The molecule has 1 aliphatic carbocycles. The zero-order valence-corrected chi connectivity index (χ0v) is 16.1.